The molecule has 92 valence electrons. The lowest BCUT2D eigenvalue weighted by molar-refractivity contribution is 0.0697. The van der Waals surface area contributed by atoms with Gasteiger partial charge in [0.1, 0.15) is 0 Å². The van der Waals surface area contributed by atoms with E-state index in [0.717, 1.165) is 11.1 Å². The Morgan fingerprint density at radius 2 is 1.68 bits per heavy atom. The van der Waals surface area contributed by atoms with Crippen molar-refractivity contribution in [2.45, 2.75) is 0 Å². The van der Waals surface area contributed by atoms with E-state index in [9.17, 15) is 4.79 Å². The van der Waals surface area contributed by atoms with Crippen LogP contribution in [-0.4, -0.2) is 11.1 Å². The lowest BCUT2D eigenvalue weighted by Crippen LogP contribution is -1.94. The number of hydrogen-bond acceptors (Lipinski definition) is 1. The Morgan fingerprint density at radius 3 is 2.32 bits per heavy atom. The van der Waals surface area contributed by atoms with Crippen molar-refractivity contribution in [3.8, 4) is 11.8 Å². The zero-order valence-electron chi connectivity index (χ0n) is 10.2. The van der Waals surface area contributed by atoms with Gasteiger partial charge in [-0.1, -0.05) is 42.2 Å². The molecule has 0 unspecified atom stereocenters. The molecule has 0 amide bonds. The highest BCUT2D eigenvalue weighted by atomic mass is 16.4. The second-order valence-corrected chi connectivity index (χ2v) is 3.90. The highest BCUT2D eigenvalue weighted by molar-refractivity contribution is 5.87. The molecule has 0 fully saturated rings. The van der Waals surface area contributed by atoms with Crippen molar-refractivity contribution < 1.29 is 9.90 Å². The molecule has 0 atom stereocenters. The predicted octanol–water partition coefficient (Wildman–Crippen LogP) is 3.45. The van der Waals surface area contributed by atoms with Crippen molar-refractivity contribution in [1.29, 1.82) is 0 Å². The lowest BCUT2D eigenvalue weighted by Gasteiger charge is -1.93. The van der Waals surface area contributed by atoms with E-state index in [1.807, 2.05) is 36.4 Å². The summed E-state index contributed by atoms with van der Waals surface area (Å²) in [5.41, 5.74) is 2.16. The first kappa shape index (κ1) is 12.7. The first-order chi connectivity index (χ1) is 9.25. The molecule has 0 aliphatic carbocycles. The number of aromatic carboxylic acids is 1. The minimum absolute atomic E-state index is 0.269. The van der Waals surface area contributed by atoms with Crippen LogP contribution in [0.25, 0.3) is 6.08 Å². The molecular weight excluding hydrogens is 236 g/mol. The summed E-state index contributed by atoms with van der Waals surface area (Å²) in [7, 11) is 0. The summed E-state index contributed by atoms with van der Waals surface area (Å²) in [4.78, 5) is 10.7. The maximum atomic E-state index is 10.7. The summed E-state index contributed by atoms with van der Waals surface area (Å²) >= 11 is 0. The molecule has 2 aromatic rings. The summed E-state index contributed by atoms with van der Waals surface area (Å²) in [5, 5.41) is 8.77. The maximum Gasteiger partial charge on any atom is 0.335 e. The van der Waals surface area contributed by atoms with E-state index in [-0.39, 0.29) is 5.56 Å². The molecule has 1 N–H and O–H groups in total. The molecule has 0 saturated carbocycles. The van der Waals surface area contributed by atoms with Crippen LogP contribution in [0.3, 0.4) is 0 Å². The number of allylic oxidation sites excluding steroid dienone is 1. The first-order valence-electron chi connectivity index (χ1n) is 5.82. The van der Waals surface area contributed by atoms with E-state index in [0.29, 0.717) is 0 Å². The largest absolute Gasteiger partial charge is 0.478 e. The van der Waals surface area contributed by atoms with Crippen LogP contribution in [0, 0.1) is 11.8 Å². The van der Waals surface area contributed by atoms with Gasteiger partial charge in [0.25, 0.3) is 0 Å². The molecule has 2 heteroatoms. The number of benzene rings is 2. The van der Waals surface area contributed by atoms with E-state index >= 15 is 0 Å². The molecule has 2 rings (SSSR count). The van der Waals surface area contributed by atoms with Gasteiger partial charge < -0.3 is 5.11 Å². The van der Waals surface area contributed by atoms with Crippen LogP contribution in [0.5, 0.6) is 0 Å². The van der Waals surface area contributed by atoms with Crippen LogP contribution in [-0.2, 0) is 0 Å². The second-order valence-electron chi connectivity index (χ2n) is 3.90. The van der Waals surface area contributed by atoms with E-state index in [2.05, 4.69) is 11.8 Å². The Balaban J connectivity index is 2.04. The molecule has 0 spiro atoms. The highest BCUT2D eigenvalue weighted by Crippen LogP contribution is 2.03. The standard InChI is InChI=1S/C17H12O2/c18-17(19)16-12-10-15(11-13-16)9-5-4-8-14-6-2-1-3-7-14/h1-4,6-8,10-13H,(H,18,19). The third-order valence-electron chi connectivity index (χ3n) is 2.51. The summed E-state index contributed by atoms with van der Waals surface area (Å²) < 4.78 is 0. The monoisotopic (exact) mass is 248 g/mol. The molecule has 0 bridgehead atoms. The van der Waals surface area contributed by atoms with Crippen molar-refractivity contribution in [3.63, 3.8) is 0 Å². The molecule has 0 aliphatic heterocycles. The molecule has 19 heavy (non-hydrogen) atoms. The van der Waals surface area contributed by atoms with Crippen molar-refractivity contribution in [3.05, 3.63) is 77.4 Å². The average Bonchev–Trinajstić information content (AvgIpc) is 2.45. The van der Waals surface area contributed by atoms with E-state index in [4.69, 9.17) is 5.11 Å². The Bertz CT molecular complexity index is 641. The van der Waals surface area contributed by atoms with Crippen LogP contribution < -0.4 is 0 Å². The zero-order valence-corrected chi connectivity index (χ0v) is 10.2. The van der Waals surface area contributed by atoms with Crippen LogP contribution in [0.4, 0.5) is 0 Å². The maximum absolute atomic E-state index is 10.7. The number of carboxylic acids is 1. The summed E-state index contributed by atoms with van der Waals surface area (Å²) in [6.07, 6.45) is 3.71. The normalized spacial score (nSPS) is 9.89. The van der Waals surface area contributed by atoms with Gasteiger partial charge in [0.15, 0.2) is 0 Å². The van der Waals surface area contributed by atoms with Crippen molar-refractivity contribution in [2.24, 2.45) is 0 Å². The zero-order chi connectivity index (χ0) is 13.5. The fourth-order valence-corrected chi connectivity index (χ4v) is 1.52. The number of carbonyl (C=O) groups is 1. The topological polar surface area (TPSA) is 37.3 Å². The average molecular weight is 248 g/mol. The van der Waals surface area contributed by atoms with Gasteiger partial charge in [0, 0.05) is 5.56 Å². The Labute approximate surface area is 112 Å². The highest BCUT2D eigenvalue weighted by Gasteiger charge is 1.99. The first-order valence-corrected chi connectivity index (χ1v) is 5.82. The van der Waals surface area contributed by atoms with Crippen molar-refractivity contribution in [2.75, 3.05) is 0 Å². The number of hydrogen-bond donors (Lipinski definition) is 1. The van der Waals surface area contributed by atoms with Gasteiger partial charge in [-0.3, -0.25) is 0 Å². The van der Waals surface area contributed by atoms with Gasteiger partial charge in [0.2, 0.25) is 0 Å². The van der Waals surface area contributed by atoms with E-state index in [1.54, 1.807) is 30.3 Å². The van der Waals surface area contributed by atoms with Gasteiger partial charge in [-0.05, 0) is 42.0 Å². The molecule has 0 aromatic heterocycles. The van der Waals surface area contributed by atoms with Crippen molar-refractivity contribution in [1.82, 2.24) is 0 Å². The quantitative estimate of drug-likeness (QED) is 0.826. The van der Waals surface area contributed by atoms with Gasteiger partial charge in [-0.25, -0.2) is 4.79 Å². The fraction of sp³-hybridized carbons (Fsp3) is 0. The van der Waals surface area contributed by atoms with Gasteiger partial charge >= 0.3 is 5.97 Å². The molecule has 0 aliphatic rings. The number of carboxylic acid groups (broad SMARTS) is 1. The summed E-state index contributed by atoms with van der Waals surface area (Å²) in [6, 6.07) is 16.4. The Hall–Kier alpha value is -2.79. The Morgan fingerprint density at radius 1 is 1.00 bits per heavy atom. The van der Waals surface area contributed by atoms with E-state index in [1.165, 1.54) is 0 Å². The molecule has 2 nitrogen and oxygen atoms in total. The molecular formula is C17H12O2. The fourth-order valence-electron chi connectivity index (χ4n) is 1.52. The van der Waals surface area contributed by atoms with Crippen LogP contribution in [0.15, 0.2) is 60.7 Å². The van der Waals surface area contributed by atoms with Gasteiger partial charge in [-0.15, -0.1) is 0 Å². The minimum atomic E-state index is -0.927. The van der Waals surface area contributed by atoms with E-state index < -0.39 is 5.97 Å². The third kappa shape index (κ3) is 3.86. The van der Waals surface area contributed by atoms with Crippen LogP contribution >= 0.6 is 0 Å². The minimum Gasteiger partial charge on any atom is -0.478 e. The van der Waals surface area contributed by atoms with Crippen LogP contribution in [0.2, 0.25) is 0 Å². The lowest BCUT2D eigenvalue weighted by atomic mass is 10.1. The molecule has 0 saturated heterocycles. The van der Waals surface area contributed by atoms with Gasteiger partial charge in [0.05, 0.1) is 5.56 Å². The SMILES string of the molecule is O=C(O)c1ccc(C#CC=Cc2ccccc2)cc1. The van der Waals surface area contributed by atoms with Gasteiger partial charge in [-0.2, -0.15) is 0 Å². The van der Waals surface area contributed by atoms with Crippen molar-refractivity contribution >= 4 is 12.0 Å². The second kappa shape index (κ2) is 6.23. The summed E-state index contributed by atoms with van der Waals surface area (Å²) in [6.45, 7) is 0. The predicted molar refractivity (Wildman–Crippen MR) is 75.8 cm³/mol. The molecule has 0 radical (unpaired) electrons. The third-order valence-corrected chi connectivity index (χ3v) is 2.51. The molecule has 2 aromatic carbocycles. The smallest absolute Gasteiger partial charge is 0.335 e. The summed E-state index contributed by atoms with van der Waals surface area (Å²) in [5.74, 6) is 4.94. The number of rotatable bonds is 2. The molecule has 0 heterocycles. The Kier molecular flexibility index (Phi) is 4.15. The van der Waals surface area contributed by atoms with Crippen LogP contribution in [0.1, 0.15) is 21.5 Å².